The van der Waals surface area contributed by atoms with Gasteiger partial charge in [-0.3, -0.25) is 9.59 Å². The average Bonchev–Trinajstić information content (AvgIpc) is 2.46. The Morgan fingerprint density at radius 1 is 1.30 bits per heavy atom. The molecule has 0 saturated heterocycles. The van der Waals surface area contributed by atoms with Crippen molar-refractivity contribution in [3.05, 3.63) is 35.4 Å². The van der Waals surface area contributed by atoms with Crippen molar-refractivity contribution in [3.63, 3.8) is 0 Å². The molecule has 5 nitrogen and oxygen atoms in total. The van der Waals surface area contributed by atoms with Gasteiger partial charge in [-0.05, 0) is 24.1 Å². The van der Waals surface area contributed by atoms with E-state index in [0.29, 0.717) is 18.5 Å². The molecule has 2 amide bonds. The third-order valence-corrected chi connectivity index (χ3v) is 3.16. The molecule has 0 fully saturated rings. The minimum Gasteiger partial charge on any atom is -0.355 e. The molecule has 0 bridgehead atoms. The Labute approximate surface area is 120 Å². The van der Waals surface area contributed by atoms with Gasteiger partial charge in [0.05, 0.1) is 6.04 Å². The number of nitrogens with two attached hydrogens (primary N) is 1. The fourth-order valence-electron chi connectivity index (χ4n) is 1.98. The molecule has 1 aromatic carbocycles. The second kappa shape index (κ2) is 7.65. The number of benzene rings is 1. The van der Waals surface area contributed by atoms with Gasteiger partial charge < -0.3 is 16.0 Å². The monoisotopic (exact) mass is 277 g/mol. The first-order chi connectivity index (χ1) is 9.49. The summed E-state index contributed by atoms with van der Waals surface area (Å²) in [6.07, 6.45) is 1.58. The van der Waals surface area contributed by atoms with Crippen molar-refractivity contribution in [2.75, 3.05) is 14.1 Å². The number of amides is 2. The molecular formula is C15H23N3O2. The van der Waals surface area contributed by atoms with Gasteiger partial charge in [-0.2, -0.15) is 0 Å². The fraction of sp³-hybridized carbons (Fsp3) is 0.467. The van der Waals surface area contributed by atoms with Crippen molar-refractivity contribution in [2.45, 2.75) is 32.4 Å². The maximum atomic E-state index is 12.0. The van der Waals surface area contributed by atoms with Crippen LogP contribution in [0.15, 0.2) is 24.3 Å². The van der Waals surface area contributed by atoms with Crippen LogP contribution >= 0.6 is 0 Å². The Bertz CT molecular complexity index is 457. The van der Waals surface area contributed by atoms with Crippen LogP contribution in [-0.4, -0.2) is 36.9 Å². The zero-order chi connectivity index (χ0) is 15.1. The van der Waals surface area contributed by atoms with Crippen molar-refractivity contribution in [3.8, 4) is 0 Å². The van der Waals surface area contributed by atoms with E-state index in [9.17, 15) is 9.59 Å². The van der Waals surface area contributed by atoms with Gasteiger partial charge in [0.25, 0.3) is 5.91 Å². The molecular weight excluding hydrogens is 254 g/mol. The first kappa shape index (κ1) is 16.2. The van der Waals surface area contributed by atoms with Crippen LogP contribution in [0.2, 0.25) is 0 Å². The van der Waals surface area contributed by atoms with Crippen molar-refractivity contribution in [1.29, 1.82) is 0 Å². The Kier molecular flexibility index (Phi) is 6.18. The molecule has 0 aromatic heterocycles. The van der Waals surface area contributed by atoms with Crippen LogP contribution in [-0.2, 0) is 11.3 Å². The lowest BCUT2D eigenvalue weighted by molar-refractivity contribution is -0.132. The zero-order valence-electron chi connectivity index (χ0n) is 12.3. The van der Waals surface area contributed by atoms with Gasteiger partial charge in [-0.15, -0.1) is 0 Å². The molecule has 0 spiro atoms. The zero-order valence-corrected chi connectivity index (χ0v) is 12.3. The van der Waals surface area contributed by atoms with Gasteiger partial charge in [-0.1, -0.05) is 25.5 Å². The topological polar surface area (TPSA) is 75.4 Å². The number of nitrogens with one attached hydrogen (secondary N) is 1. The summed E-state index contributed by atoms with van der Waals surface area (Å²) in [5, 5.41) is 2.57. The lowest BCUT2D eigenvalue weighted by Gasteiger charge is -2.21. The summed E-state index contributed by atoms with van der Waals surface area (Å²) in [4.78, 5) is 25.0. The predicted molar refractivity (Wildman–Crippen MR) is 79.2 cm³/mol. The largest absolute Gasteiger partial charge is 0.355 e. The highest BCUT2D eigenvalue weighted by molar-refractivity contribution is 5.93. The van der Waals surface area contributed by atoms with E-state index in [0.717, 1.165) is 12.0 Å². The second-order valence-corrected chi connectivity index (χ2v) is 4.87. The normalized spacial score (nSPS) is 11.8. The maximum Gasteiger partial charge on any atom is 0.251 e. The summed E-state index contributed by atoms with van der Waals surface area (Å²) < 4.78 is 0. The van der Waals surface area contributed by atoms with Crippen LogP contribution in [0.5, 0.6) is 0 Å². The summed E-state index contributed by atoms with van der Waals surface area (Å²) in [5.41, 5.74) is 7.39. The smallest absolute Gasteiger partial charge is 0.251 e. The molecule has 5 heteroatoms. The van der Waals surface area contributed by atoms with Crippen molar-refractivity contribution in [2.24, 2.45) is 5.73 Å². The predicted octanol–water partition coefficient (Wildman–Crippen LogP) is 1.13. The molecule has 0 saturated carbocycles. The lowest BCUT2D eigenvalue weighted by Crippen LogP contribution is -2.41. The summed E-state index contributed by atoms with van der Waals surface area (Å²) in [7, 11) is 3.34. The lowest BCUT2D eigenvalue weighted by atomic mass is 10.1. The average molecular weight is 277 g/mol. The molecule has 0 aliphatic heterocycles. The van der Waals surface area contributed by atoms with Crippen molar-refractivity contribution >= 4 is 11.8 Å². The third kappa shape index (κ3) is 4.35. The number of likely N-dealkylation sites (N-methyl/N-ethyl adjacent to an activating group) is 1. The van der Waals surface area contributed by atoms with Gasteiger partial charge in [-0.25, -0.2) is 0 Å². The molecule has 3 N–H and O–H groups in total. The summed E-state index contributed by atoms with van der Waals surface area (Å²) in [6.45, 7) is 2.49. The summed E-state index contributed by atoms with van der Waals surface area (Å²) in [6, 6.07) is 6.76. The SMILES string of the molecule is CCC[C@@H](N)C(=O)N(C)Cc1ccc(C(=O)NC)cc1. The maximum absolute atomic E-state index is 12.0. The van der Waals surface area contributed by atoms with Crippen LogP contribution in [0, 0.1) is 0 Å². The summed E-state index contributed by atoms with van der Waals surface area (Å²) >= 11 is 0. The number of nitrogens with zero attached hydrogens (tertiary/aromatic N) is 1. The van der Waals surface area contributed by atoms with E-state index < -0.39 is 6.04 Å². The van der Waals surface area contributed by atoms with Gasteiger partial charge in [0.2, 0.25) is 5.91 Å². The highest BCUT2D eigenvalue weighted by Crippen LogP contribution is 2.08. The highest BCUT2D eigenvalue weighted by Gasteiger charge is 2.17. The highest BCUT2D eigenvalue weighted by atomic mass is 16.2. The Morgan fingerprint density at radius 3 is 2.40 bits per heavy atom. The first-order valence-corrected chi connectivity index (χ1v) is 6.81. The molecule has 0 radical (unpaired) electrons. The number of carbonyl (C=O) groups excluding carboxylic acids is 2. The minimum atomic E-state index is -0.435. The quantitative estimate of drug-likeness (QED) is 0.818. The second-order valence-electron chi connectivity index (χ2n) is 4.87. The van der Waals surface area contributed by atoms with E-state index in [2.05, 4.69) is 5.32 Å². The molecule has 0 heterocycles. The Morgan fingerprint density at radius 2 is 1.90 bits per heavy atom. The Balaban J connectivity index is 2.64. The molecule has 20 heavy (non-hydrogen) atoms. The molecule has 1 rings (SSSR count). The number of rotatable bonds is 6. The van der Waals surface area contributed by atoms with Crippen LogP contribution in [0.1, 0.15) is 35.7 Å². The van der Waals surface area contributed by atoms with Crippen LogP contribution in [0.25, 0.3) is 0 Å². The van der Waals surface area contributed by atoms with E-state index >= 15 is 0 Å². The van der Waals surface area contributed by atoms with E-state index in [4.69, 9.17) is 5.73 Å². The number of carbonyl (C=O) groups is 2. The van der Waals surface area contributed by atoms with Gasteiger partial charge in [0.1, 0.15) is 0 Å². The molecule has 0 aliphatic rings. The van der Waals surface area contributed by atoms with Gasteiger partial charge >= 0.3 is 0 Å². The molecule has 110 valence electrons. The van der Waals surface area contributed by atoms with Crippen LogP contribution in [0.3, 0.4) is 0 Å². The van der Waals surface area contributed by atoms with Gasteiger partial charge in [0.15, 0.2) is 0 Å². The standard InChI is InChI=1S/C15H23N3O2/c1-4-5-13(16)15(20)18(3)10-11-6-8-12(9-7-11)14(19)17-2/h6-9,13H,4-5,10,16H2,1-3H3,(H,17,19)/t13-/m1/s1. The number of hydrogen-bond donors (Lipinski definition) is 2. The van der Waals surface area contributed by atoms with Gasteiger partial charge in [0, 0.05) is 26.2 Å². The minimum absolute atomic E-state index is 0.0535. The van der Waals surface area contributed by atoms with Crippen molar-refractivity contribution < 1.29 is 9.59 Å². The fourth-order valence-corrected chi connectivity index (χ4v) is 1.98. The van der Waals surface area contributed by atoms with E-state index in [1.807, 2.05) is 19.1 Å². The molecule has 1 aromatic rings. The number of hydrogen-bond acceptors (Lipinski definition) is 3. The van der Waals surface area contributed by atoms with Crippen molar-refractivity contribution in [1.82, 2.24) is 10.2 Å². The molecule has 0 unspecified atom stereocenters. The third-order valence-electron chi connectivity index (χ3n) is 3.16. The Hall–Kier alpha value is -1.88. The van der Waals surface area contributed by atoms with E-state index in [-0.39, 0.29) is 11.8 Å². The van der Waals surface area contributed by atoms with E-state index in [1.54, 1.807) is 31.1 Å². The molecule has 1 atom stereocenters. The first-order valence-electron chi connectivity index (χ1n) is 6.81. The van der Waals surface area contributed by atoms with E-state index in [1.165, 1.54) is 0 Å². The van der Waals surface area contributed by atoms with Crippen LogP contribution in [0.4, 0.5) is 0 Å². The summed E-state index contributed by atoms with van der Waals surface area (Å²) in [5.74, 6) is -0.173. The van der Waals surface area contributed by atoms with Crippen LogP contribution < -0.4 is 11.1 Å². The molecule has 0 aliphatic carbocycles.